The first-order valence-corrected chi connectivity index (χ1v) is 7.16. The van der Waals surface area contributed by atoms with Crippen molar-refractivity contribution in [1.82, 2.24) is 14.3 Å². The van der Waals surface area contributed by atoms with Gasteiger partial charge in [-0.05, 0) is 23.7 Å². The van der Waals surface area contributed by atoms with E-state index in [0.29, 0.717) is 0 Å². The van der Waals surface area contributed by atoms with E-state index in [0.717, 1.165) is 33.8 Å². The van der Waals surface area contributed by atoms with Gasteiger partial charge in [0.1, 0.15) is 11.6 Å². The third-order valence-corrected chi connectivity index (χ3v) is 4.08. The van der Waals surface area contributed by atoms with Crippen LogP contribution in [0.2, 0.25) is 0 Å². The minimum atomic E-state index is 0.827. The van der Waals surface area contributed by atoms with Gasteiger partial charge in [0.25, 0.3) is 0 Å². The standard InChI is InChI=1S/C11H14N4S2/c1-3-9-14-11(17-15-9)16-7-8-5-4-6-10(12-2)13-8/h4-6H,3,7H2,1-2H3,(H,12,13). The number of thioether (sulfide) groups is 1. The summed E-state index contributed by atoms with van der Waals surface area (Å²) in [4.78, 5) is 8.87. The molecule has 0 unspecified atom stereocenters. The summed E-state index contributed by atoms with van der Waals surface area (Å²) in [5.41, 5.74) is 1.05. The van der Waals surface area contributed by atoms with Crippen LogP contribution in [0.5, 0.6) is 0 Å². The molecule has 0 saturated heterocycles. The lowest BCUT2D eigenvalue weighted by molar-refractivity contribution is 0.971. The van der Waals surface area contributed by atoms with Crippen LogP contribution in [0.25, 0.3) is 0 Å². The highest BCUT2D eigenvalue weighted by Gasteiger charge is 2.04. The van der Waals surface area contributed by atoms with Crippen LogP contribution in [0.3, 0.4) is 0 Å². The zero-order valence-electron chi connectivity index (χ0n) is 9.80. The molecule has 2 aromatic heterocycles. The molecule has 6 heteroatoms. The quantitative estimate of drug-likeness (QED) is 0.843. The largest absolute Gasteiger partial charge is 0.373 e. The highest BCUT2D eigenvalue weighted by Crippen LogP contribution is 2.24. The second-order valence-corrected chi connectivity index (χ2v) is 5.36. The van der Waals surface area contributed by atoms with E-state index in [2.05, 4.69) is 26.6 Å². The van der Waals surface area contributed by atoms with Crippen molar-refractivity contribution < 1.29 is 0 Å². The first-order chi connectivity index (χ1) is 8.31. The molecular formula is C11H14N4S2. The van der Waals surface area contributed by atoms with Crippen LogP contribution in [0.1, 0.15) is 18.4 Å². The van der Waals surface area contributed by atoms with Gasteiger partial charge in [0, 0.05) is 19.2 Å². The van der Waals surface area contributed by atoms with Gasteiger partial charge in [0.05, 0.1) is 5.69 Å². The monoisotopic (exact) mass is 266 g/mol. The number of hydrogen-bond acceptors (Lipinski definition) is 6. The number of nitrogens with one attached hydrogen (secondary N) is 1. The Balaban J connectivity index is 1.96. The Bertz CT molecular complexity index is 484. The van der Waals surface area contributed by atoms with Crippen molar-refractivity contribution in [3.8, 4) is 0 Å². The van der Waals surface area contributed by atoms with E-state index in [4.69, 9.17) is 0 Å². The maximum absolute atomic E-state index is 4.46. The maximum Gasteiger partial charge on any atom is 0.170 e. The van der Waals surface area contributed by atoms with E-state index in [1.54, 1.807) is 11.8 Å². The number of pyridine rings is 1. The van der Waals surface area contributed by atoms with Gasteiger partial charge in [0.15, 0.2) is 4.34 Å². The third kappa shape index (κ3) is 3.41. The number of nitrogens with zero attached hydrogens (tertiary/aromatic N) is 3. The van der Waals surface area contributed by atoms with Crippen LogP contribution >= 0.6 is 23.3 Å². The topological polar surface area (TPSA) is 50.7 Å². The van der Waals surface area contributed by atoms with Crippen molar-refractivity contribution in [3.05, 3.63) is 29.7 Å². The molecule has 0 aromatic carbocycles. The molecule has 0 bridgehead atoms. The van der Waals surface area contributed by atoms with Crippen molar-refractivity contribution in [2.45, 2.75) is 23.4 Å². The van der Waals surface area contributed by atoms with Gasteiger partial charge in [-0.2, -0.15) is 4.37 Å². The Labute approximate surface area is 109 Å². The lowest BCUT2D eigenvalue weighted by Gasteiger charge is -2.01. The fraction of sp³-hybridized carbons (Fsp3) is 0.364. The Kier molecular flexibility index (Phi) is 4.33. The zero-order chi connectivity index (χ0) is 12.1. The molecular weight excluding hydrogens is 252 g/mol. The lowest BCUT2D eigenvalue weighted by atomic mass is 10.4. The highest BCUT2D eigenvalue weighted by atomic mass is 32.2. The van der Waals surface area contributed by atoms with Crippen molar-refractivity contribution in [2.24, 2.45) is 0 Å². The zero-order valence-corrected chi connectivity index (χ0v) is 11.4. The van der Waals surface area contributed by atoms with Crippen LogP contribution in [0.15, 0.2) is 22.5 Å². The summed E-state index contributed by atoms with van der Waals surface area (Å²) in [6.07, 6.45) is 0.893. The molecule has 2 rings (SSSR count). The Morgan fingerprint density at radius 3 is 2.94 bits per heavy atom. The molecule has 2 heterocycles. The van der Waals surface area contributed by atoms with Gasteiger partial charge in [-0.1, -0.05) is 24.8 Å². The number of hydrogen-bond donors (Lipinski definition) is 1. The summed E-state index contributed by atoms with van der Waals surface area (Å²) >= 11 is 3.15. The number of anilines is 1. The van der Waals surface area contributed by atoms with E-state index in [-0.39, 0.29) is 0 Å². The van der Waals surface area contributed by atoms with E-state index < -0.39 is 0 Å². The number of aromatic nitrogens is 3. The van der Waals surface area contributed by atoms with Gasteiger partial charge in [-0.25, -0.2) is 9.97 Å². The van der Waals surface area contributed by atoms with Crippen molar-refractivity contribution >= 4 is 29.1 Å². The van der Waals surface area contributed by atoms with Crippen LogP contribution in [-0.4, -0.2) is 21.4 Å². The van der Waals surface area contributed by atoms with Crippen molar-refractivity contribution in [3.63, 3.8) is 0 Å². The minimum Gasteiger partial charge on any atom is -0.373 e. The number of rotatable bonds is 5. The summed E-state index contributed by atoms with van der Waals surface area (Å²) in [6.45, 7) is 2.06. The molecule has 0 fully saturated rings. The summed E-state index contributed by atoms with van der Waals surface area (Å²) in [6, 6.07) is 5.98. The molecule has 1 N–H and O–H groups in total. The van der Waals surface area contributed by atoms with Gasteiger partial charge >= 0.3 is 0 Å². The predicted octanol–water partition coefficient (Wildman–Crippen LogP) is 2.83. The third-order valence-electron chi connectivity index (χ3n) is 2.17. The summed E-state index contributed by atoms with van der Waals surface area (Å²) in [5, 5.41) is 3.03. The molecule has 0 aliphatic carbocycles. The summed E-state index contributed by atoms with van der Waals surface area (Å²) in [7, 11) is 1.87. The number of aryl methyl sites for hydroxylation is 1. The average molecular weight is 266 g/mol. The molecule has 4 nitrogen and oxygen atoms in total. The molecule has 0 aliphatic rings. The highest BCUT2D eigenvalue weighted by molar-refractivity contribution is 8.00. The fourth-order valence-corrected chi connectivity index (χ4v) is 2.88. The van der Waals surface area contributed by atoms with Crippen molar-refractivity contribution in [2.75, 3.05) is 12.4 Å². The van der Waals surface area contributed by atoms with Crippen molar-refractivity contribution in [1.29, 1.82) is 0 Å². The minimum absolute atomic E-state index is 0.827. The fourth-order valence-electron chi connectivity index (χ4n) is 1.28. The normalized spacial score (nSPS) is 10.5. The molecule has 0 radical (unpaired) electrons. The molecule has 0 aliphatic heterocycles. The van der Waals surface area contributed by atoms with E-state index in [1.807, 2.05) is 25.2 Å². The van der Waals surface area contributed by atoms with Gasteiger partial charge < -0.3 is 5.32 Å². The molecule has 0 atom stereocenters. The van der Waals surface area contributed by atoms with E-state index >= 15 is 0 Å². The molecule has 0 amide bonds. The lowest BCUT2D eigenvalue weighted by Crippen LogP contribution is -1.94. The summed E-state index contributed by atoms with van der Waals surface area (Å²) < 4.78 is 5.27. The second-order valence-electron chi connectivity index (χ2n) is 3.38. The molecule has 0 spiro atoms. The smallest absolute Gasteiger partial charge is 0.170 e. The second kappa shape index (κ2) is 5.97. The van der Waals surface area contributed by atoms with Gasteiger partial charge in [-0.3, -0.25) is 0 Å². The predicted molar refractivity (Wildman–Crippen MR) is 72.6 cm³/mol. The summed E-state index contributed by atoms with van der Waals surface area (Å²) in [5.74, 6) is 2.65. The first kappa shape index (κ1) is 12.3. The van der Waals surface area contributed by atoms with Crippen LogP contribution in [-0.2, 0) is 12.2 Å². The molecule has 2 aromatic rings. The Morgan fingerprint density at radius 2 is 2.24 bits per heavy atom. The Hall–Kier alpha value is -1.14. The molecule has 90 valence electrons. The average Bonchev–Trinajstić information content (AvgIpc) is 2.84. The van der Waals surface area contributed by atoms with Crippen LogP contribution in [0, 0.1) is 0 Å². The Morgan fingerprint density at radius 1 is 1.35 bits per heavy atom. The van der Waals surface area contributed by atoms with Crippen LogP contribution < -0.4 is 5.32 Å². The molecule has 0 saturated carbocycles. The maximum atomic E-state index is 4.46. The van der Waals surface area contributed by atoms with Gasteiger partial charge in [0.2, 0.25) is 0 Å². The van der Waals surface area contributed by atoms with Crippen LogP contribution in [0.4, 0.5) is 5.82 Å². The SMILES string of the molecule is CCc1nsc(SCc2cccc(NC)n2)n1. The van der Waals surface area contributed by atoms with E-state index in [9.17, 15) is 0 Å². The first-order valence-electron chi connectivity index (χ1n) is 5.41. The van der Waals surface area contributed by atoms with Gasteiger partial charge in [-0.15, -0.1) is 0 Å². The molecule has 17 heavy (non-hydrogen) atoms. The van der Waals surface area contributed by atoms with E-state index in [1.165, 1.54) is 11.5 Å².